The largest absolute Gasteiger partial charge is 0.462 e. The summed E-state index contributed by atoms with van der Waals surface area (Å²) in [6, 6.07) is 15.3. The van der Waals surface area contributed by atoms with Gasteiger partial charge in [0.1, 0.15) is 10.6 Å². The van der Waals surface area contributed by atoms with Gasteiger partial charge >= 0.3 is 11.9 Å². The molecule has 4 rings (SSSR count). The Morgan fingerprint density at radius 1 is 0.946 bits per heavy atom. The molecular weight excluding hydrogens is 527 g/mol. The van der Waals surface area contributed by atoms with Crippen LogP contribution < -0.4 is 5.32 Å². The number of esters is 2. The van der Waals surface area contributed by atoms with Crippen molar-refractivity contribution in [1.82, 2.24) is 0 Å². The minimum Gasteiger partial charge on any atom is -0.462 e. The minimum atomic E-state index is -0.598. The second kappa shape index (κ2) is 12.1. The van der Waals surface area contributed by atoms with E-state index in [0.717, 1.165) is 31.3 Å². The van der Waals surface area contributed by atoms with Gasteiger partial charge in [0.25, 0.3) is 5.91 Å². The summed E-state index contributed by atoms with van der Waals surface area (Å²) in [6.07, 6.45) is 1.76. The zero-order valence-electron chi connectivity index (χ0n) is 20.5. The van der Waals surface area contributed by atoms with Crippen LogP contribution in [0.2, 0.25) is 0 Å². The lowest BCUT2D eigenvalue weighted by molar-refractivity contribution is -0.141. The summed E-state index contributed by atoms with van der Waals surface area (Å²) < 4.78 is 10.7. The maximum atomic E-state index is 12.9. The molecule has 0 atom stereocenters. The molecule has 0 aliphatic heterocycles. The smallest absolute Gasteiger partial charge is 0.341 e. The Morgan fingerprint density at radius 2 is 1.68 bits per heavy atom. The van der Waals surface area contributed by atoms with Gasteiger partial charge in [0.05, 0.1) is 12.2 Å². The molecule has 0 unspecified atom stereocenters. The lowest BCUT2D eigenvalue weighted by atomic mass is 10.0. The summed E-state index contributed by atoms with van der Waals surface area (Å²) in [5.41, 5.74) is 3.35. The molecule has 37 heavy (non-hydrogen) atoms. The molecule has 1 amide bonds. The van der Waals surface area contributed by atoms with Crippen LogP contribution in [0.4, 0.5) is 5.00 Å². The first kappa shape index (κ1) is 26.5. The highest BCUT2D eigenvalue weighted by molar-refractivity contribution is 7.17. The van der Waals surface area contributed by atoms with Crippen LogP contribution in [0, 0.1) is 13.8 Å². The predicted octanol–water partition coefficient (Wildman–Crippen LogP) is 7.05. The number of hydrogen-bond donors (Lipinski definition) is 1. The van der Waals surface area contributed by atoms with Crippen molar-refractivity contribution in [3.05, 3.63) is 85.0 Å². The summed E-state index contributed by atoms with van der Waals surface area (Å²) >= 11 is 4.20. The molecule has 0 fully saturated rings. The SMILES string of the molecule is CCOC(=O)c1c(NC(=O)COC(=O)/C(=C/c2cccs2)c2cccs2)sc(C)c1-c1ccc(C)cc1. The molecule has 0 aliphatic rings. The van der Waals surface area contributed by atoms with Gasteiger partial charge in [-0.1, -0.05) is 42.0 Å². The average Bonchev–Trinajstić information content (AvgIpc) is 3.64. The molecular formula is C28H25NO5S3. The van der Waals surface area contributed by atoms with Crippen molar-refractivity contribution in [3.8, 4) is 11.1 Å². The molecule has 0 bridgehead atoms. The van der Waals surface area contributed by atoms with Gasteiger partial charge in [0.2, 0.25) is 0 Å². The molecule has 190 valence electrons. The van der Waals surface area contributed by atoms with E-state index in [1.54, 1.807) is 13.0 Å². The van der Waals surface area contributed by atoms with Gasteiger partial charge in [-0.2, -0.15) is 0 Å². The number of benzene rings is 1. The molecule has 3 heterocycles. The normalized spacial score (nSPS) is 11.3. The molecule has 1 aromatic carbocycles. The first-order chi connectivity index (χ1) is 17.9. The van der Waals surface area contributed by atoms with Gasteiger partial charge in [0.15, 0.2) is 6.61 Å². The Bertz CT molecular complexity index is 1420. The molecule has 0 saturated carbocycles. The van der Waals surface area contributed by atoms with Crippen LogP contribution in [0.25, 0.3) is 22.8 Å². The molecule has 0 spiro atoms. The van der Waals surface area contributed by atoms with Crippen LogP contribution in [0.15, 0.2) is 59.3 Å². The molecule has 1 N–H and O–H groups in total. The van der Waals surface area contributed by atoms with E-state index in [2.05, 4.69) is 5.32 Å². The van der Waals surface area contributed by atoms with Crippen LogP contribution in [-0.4, -0.2) is 31.1 Å². The number of ether oxygens (including phenoxy) is 2. The lowest BCUT2D eigenvalue weighted by Gasteiger charge is -2.10. The number of amides is 1. The van der Waals surface area contributed by atoms with Crippen molar-refractivity contribution >= 4 is 68.5 Å². The summed E-state index contributed by atoms with van der Waals surface area (Å²) in [7, 11) is 0. The van der Waals surface area contributed by atoms with E-state index in [9.17, 15) is 14.4 Å². The fraction of sp³-hybridized carbons (Fsp3) is 0.179. The summed E-state index contributed by atoms with van der Waals surface area (Å²) in [6.45, 7) is 5.32. The van der Waals surface area contributed by atoms with Crippen LogP contribution in [0.1, 0.15) is 37.5 Å². The van der Waals surface area contributed by atoms with Gasteiger partial charge < -0.3 is 14.8 Å². The molecule has 0 saturated heterocycles. The van der Waals surface area contributed by atoms with E-state index in [1.807, 2.05) is 73.1 Å². The third-order valence-electron chi connectivity index (χ3n) is 5.33. The molecule has 3 aromatic heterocycles. The van der Waals surface area contributed by atoms with Crippen molar-refractivity contribution in [3.63, 3.8) is 0 Å². The first-order valence-electron chi connectivity index (χ1n) is 11.5. The van der Waals surface area contributed by atoms with Crippen molar-refractivity contribution < 1.29 is 23.9 Å². The number of carbonyl (C=O) groups excluding carboxylic acids is 3. The highest BCUT2D eigenvalue weighted by atomic mass is 32.1. The van der Waals surface area contributed by atoms with Crippen molar-refractivity contribution in [2.75, 3.05) is 18.5 Å². The van der Waals surface area contributed by atoms with Gasteiger partial charge in [-0.3, -0.25) is 4.79 Å². The number of thiophene rings is 3. The summed E-state index contributed by atoms with van der Waals surface area (Å²) in [5.74, 6) is -1.66. The molecule has 9 heteroatoms. The van der Waals surface area contributed by atoms with E-state index in [1.165, 1.54) is 34.0 Å². The third-order valence-corrected chi connectivity index (χ3v) is 8.07. The standard InChI is InChI=1S/C28H25NO5S3/c1-4-33-28(32)25-24(19-11-9-17(2)10-12-19)18(3)37-26(25)29-23(30)16-34-27(31)21(22-8-6-14-36-22)15-20-7-5-13-35-20/h5-15H,4,16H2,1-3H3,(H,29,30)/b21-15+. The molecule has 0 radical (unpaired) electrons. The van der Waals surface area contributed by atoms with Gasteiger partial charge in [-0.15, -0.1) is 34.0 Å². The summed E-state index contributed by atoms with van der Waals surface area (Å²) in [5, 5.41) is 6.91. The Kier molecular flexibility index (Phi) is 8.70. The number of nitrogens with one attached hydrogen (secondary N) is 1. The van der Waals surface area contributed by atoms with Crippen molar-refractivity contribution in [1.29, 1.82) is 0 Å². The average molecular weight is 552 g/mol. The molecule has 6 nitrogen and oxygen atoms in total. The van der Waals surface area contributed by atoms with Crippen LogP contribution in [0.5, 0.6) is 0 Å². The van der Waals surface area contributed by atoms with Crippen molar-refractivity contribution in [2.24, 2.45) is 0 Å². The Balaban J connectivity index is 1.53. The Labute approximate surface area is 227 Å². The zero-order valence-corrected chi connectivity index (χ0v) is 23.0. The molecule has 0 aliphatic carbocycles. The van der Waals surface area contributed by atoms with E-state index in [-0.39, 0.29) is 6.61 Å². The lowest BCUT2D eigenvalue weighted by Crippen LogP contribution is -2.22. The van der Waals surface area contributed by atoms with Crippen LogP contribution in [0.3, 0.4) is 0 Å². The number of carbonyl (C=O) groups is 3. The Morgan fingerprint density at radius 3 is 2.32 bits per heavy atom. The quantitative estimate of drug-likeness (QED) is 0.178. The number of hydrogen-bond acceptors (Lipinski definition) is 8. The van der Waals surface area contributed by atoms with E-state index in [0.29, 0.717) is 16.1 Å². The van der Waals surface area contributed by atoms with Gasteiger partial charge in [-0.25, -0.2) is 9.59 Å². The fourth-order valence-electron chi connectivity index (χ4n) is 3.65. The second-order valence-electron chi connectivity index (χ2n) is 8.00. The first-order valence-corrected chi connectivity index (χ1v) is 14.1. The summed E-state index contributed by atoms with van der Waals surface area (Å²) in [4.78, 5) is 41.2. The van der Waals surface area contributed by atoms with Crippen LogP contribution in [-0.2, 0) is 19.1 Å². The topological polar surface area (TPSA) is 81.7 Å². The van der Waals surface area contributed by atoms with Crippen LogP contribution >= 0.6 is 34.0 Å². The minimum absolute atomic E-state index is 0.203. The maximum Gasteiger partial charge on any atom is 0.341 e. The zero-order chi connectivity index (χ0) is 26.4. The van der Waals surface area contributed by atoms with E-state index in [4.69, 9.17) is 9.47 Å². The number of rotatable bonds is 9. The second-order valence-corrected chi connectivity index (χ2v) is 11.2. The van der Waals surface area contributed by atoms with Crippen molar-refractivity contribution in [2.45, 2.75) is 20.8 Å². The van der Waals surface area contributed by atoms with Gasteiger partial charge in [0, 0.05) is 20.2 Å². The van der Waals surface area contributed by atoms with E-state index >= 15 is 0 Å². The number of aryl methyl sites for hydroxylation is 2. The fourth-order valence-corrected chi connectivity index (χ4v) is 6.12. The molecule has 4 aromatic rings. The number of anilines is 1. The van der Waals surface area contributed by atoms with Gasteiger partial charge in [-0.05, 0) is 55.3 Å². The van der Waals surface area contributed by atoms with E-state index < -0.39 is 24.5 Å². The predicted molar refractivity (Wildman–Crippen MR) is 151 cm³/mol. The highest BCUT2D eigenvalue weighted by Gasteiger charge is 2.26. The Hall–Kier alpha value is -3.53. The maximum absolute atomic E-state index is 12.9. The third kappa shape index (κ3) is 6.43. The monoisotopic (exact) mass is 551 g/mol. The highest BCUT2D eigenvalue weighted by Crippen LogP contribution is 2.40.